The minimum atomic E-state index is 0.710. The summed E-state index contributed by atoms with van der Waals surface area (Å²) in [6.45, 7) is 13.5. The molecule has 0 aromatic heterocycles. The van der Waals surface area contributed by atoms with Gasteiger partial charge in [-0.3, -0.25) is 0 Å². The molecule has 1 atom stereocenters. The molecule has 1 unspecified atom stereocenters. The predicted molar refractivity (Wildman–Crippen MR) is 73.4 cm³/mol. The van der Waals surface area contributed by atoms with Crippen molar-refractivity contribution in [3.63, 3.8) is 0 Å². The van der Waals surface area contributed by atoms with Crippen LogP contribution >= 0.6 is 0 Å². The molecule has 0 aliphatic carbocycles. The van der Waals surface area contributed by atoms with Gasteiger partial charge in [-0.2, -0.15) is 0 Å². The zero-order chi connectivity index (χ0) is 12.1. The van der Waals surface area contributed by atoms with Crippen molar-refractivity contribution in [2.24, 2.45) is 5.92 Å². The molecule has 0 saturated carbocycles. The summed E-state index contributed by atoms with van der Waals surface area (Å²) in [7, 11) is 0. The first-order valence-corrected chi connectivity index (χ1v) is 7.46. The summed E-state index contributed by atoms with van der Waals surface area (Å²) in [6.07, 6.45) is 4.13. The van der Waals surface area contributed by atoms with Gasteiger partial charge in [0, 0.05) is 25.7 Å². The molecule has 1 N–H and O–H groups in total. The third kappa shape index (κ3) is 4.23. The molecule has 17 heavy (non-hydrogen) atoms. The normalized spacial score (nSPS) is 30.4. The highest BCUT2D eigenvalue weighted by Crippen LogP contribution is 2.18. The van der Waals surface area contributed by atoms with E-state index in [0.717, 1.165) is 5.92 Å². The van der Waals surface area contributed by atoms with Gasteiger partial charge in [-0.15, -0.1) is 0 Å². The molecular formula is C14H29N3. The molecule has 0 aromatic carbocycles. The van der Waals surface area contributed by atoms with Crippen molar-refractivity contribution < 1.29 is 0 Å². The molecule has 0 spiro atoms. The summed E-state index contributed by atoms with van der Waals surface area (Å²) < 4.78 is 0. The third-order valence-corrected chi connectivity index (χ3v) is 4.47. The number of likely N-dealkylation sites (tertiary alicyclic amines) is 1. The Hall–Kier alpha value is -0.120. The van der Waals surface area contributed by atoms with Crippen LogP contribution in [0.25, 0.3) is 0 Å². The SMILES string of the molecule is CCN1CCC(CN2CCNC(C)CC2)CC1. The molecule has 0 aromatic rings. The molecule has 3 nitrogen and oxygen atoms in total. The van der Waals surface area contributed by atoms with Crippen LogP contribution in [0.3, 0.4) is 0 Å². The van der Waals surface area contributed by atoms with E-state index < -0.39 is 0 Å². The van der Waals surface area contributed by atoms with Gasteiger partial charge in [-0.1, -0.05) is 6.92 Å². The quantitative estimate of drug-likeness (QED) is 0.803. The van der Waals surface area contributed by atoms with Crippen LogP contribution in [0.2, 0.25) is 0 Å². The second-order valence-electron chi connectivity index (χ2n) is 5.82. The van der Waals surface area contributed by atoms with Crippen LogP contribution in [0.5, 0.6) is 0 Å². The fraction of sp³-hybridized carbons (Fsp3) is 1.00. The van der Waals surface area contributed by atoms with Crippen molar-refractivity contribution in [1.29, 1.82) is 0 Å². The fourth-order valence-corrected chi connectivity index (χ4v) is 3.09. The maximum atomic E-state index is 3.58. The molecule has 2 aliphatic heterocycles. The van der Waals surface area contributed by atoms with Crippen LogP contribution in [0.15, 0.2) is 0 Å². The van der Waals surface area contributed by atoms with E-state index in [2.05, 4.69) is 29.0 Å². The first kappa shape index (κ1) is 13.3. The first-order valence-electron chi connectivity index (χ1n) is 7.46. The minimum absolute atomic E-state index is 0.710. The second kappa shape index (κ2) is 6.72. The molecule has 2 fully saturated rings. The molecule has 2 heterocycles. The van der Waals surface area contributed by atoms with E-state index in [0.29, 0.717) is 6.04 Å². The van der Waals surface area contributed by atoms with Gasteiger partial charge in [0.15, 0.2) is 0 Å². The molecule has 2 aliphatic rings. The standard InChI is InChI=1S/C14H29N3/c1-3-16-9-5-14(6-10-16)12-17-8-4-13(2)15-7-11-17/h13-15H,3-12H2,1-2H3. The lowest BCUT2D eigenvalue weighted by molar-refractivity contribution is 0.150. The third-order valence-electron chi connectivity index (χ3n) is 4.47. The van der Waals surface area contributed by atoms with Crippen molar-refractivity contribution in [2.75, 3.05) is 45.8 Å². The summed E-state index contributed by atoms with van der Waals surface area (Å²) in [5.74, 6) is 0.950. The zero-order valence-corrected chi connectivity index (χ0v) is 11.6. The molecule has 100 valence electrons. The van der Waals surface area contributed by atoms with Gasteiger partial charge < -0.3 is 15.1 Å². The Bertz CT molecular complexity index is 212. The topological polar surface area (TPSA) is 18.5 Å². The van der Waals surface area contributed by atoms with Crippen LogP contribution in [0, 0.1) is 5.92 Å². The Balaban J connectivity index is 1.70. The zero-order valence-electron chi connectivity index (χ0n) is 11.6. The maximum Gasteiger partial charge on any atom is 0.0107 e. The molecule has 0 bridgehead atoms. The lowest BCUT2D eigenvalue weighted by Gasteiger charge is -2.34. The van der Waals surface area contributed by atoms with E-state index in [1.165, 1.54) is 65.1 Å². The maximum absolute atomic E-state index is 3.58. The first-order chi connectivity index (χ1) is 8.28. The van der Waals surface area contributed by atoms with Gasteiger partial charge in [0.25, 0.3) is 0 Å². The minimum Gasteiger partial charge on any atom is -0.313 e. The van der Waals surface area contributed by atoms with Gasteiger partial charge in [0.05, 0.1) is 0 Å². The summed E-state index contributed by atoms with van der Waals surface area (Å²) in [6, 6.07) is 0.710. The van der Waals surface area contributed by atoms with Gasteiger partial charge in [-0.05, 0) is 58.3 Å². The van der Waals surface area contributed by atoms with Crippen molar-refractivity contribution in [2.45, 2.75) is 39.2 Å². The highest BCUT2D eigenvalue weighted by molar-refractivity contribution is 4.77. The van der Waals surface area contributed by atoms with Crippen molar-refractivity contribution >= 4 is 0 Å². The highest BCUT2D eigenvalue weighted by atomic mass is 15.2. The second-order valence-corrected chi connectivity index (χ2v) is 5.82. The van der Waals surface area contributed by atoms with E-state index in [1.807, 2.05) is 0 Å². The van der Waals surface area contributed by atoms with Crippen LogP contribution in [-0.4, -0.2) is 61.7 Å². The van der Waals surface area contributed by atoms with E-state index in [-0.39, 0.29) is 0 Å². The van der Waals surface area contributed by atoms with Crippen molar-refractivity contribution in [3.05, 3.63) is 0 Å². The highest BCUT2D eigenvalue weighted by Gasteiger charge is 2.21. The molecule has 2 rings (SSSR count). The Morgan fingerprint density at radius 2 is 1.71 bits per heavy atom. The van der Waals surface area contributed by atoms with E-state index in [1.54, 1.807) is 0 Å². The van der Waals surface area contributed by atoms with E-state index in [4.69, 9.17) is 0 Å². The number of hydrogen-bond donors (Lipinski definition) is 1. The van der Waals surface area contributed by atoms with Gasteiger partial charge >= 0.3 is 0 Å². The van der Waals surface area contributed by atoms with Gasteiger partial charge in [-0.25, -0.2) is 0 Å². The summed E-state index contributed by atoms with van der Waals surface area (Å²) >= 11 is 0. The van der Waals surface area contributed by atoms with Crippen LogP contribution in [0.1, 0.15) is 33.1 Å². The largest absolute Gasteiger partial charge is 0.313 e. The molecule has 0 radical (unpaired) electrons. The molecule has 0 amide bonds. The average Bonchev–Trinajstić information content (AvgIpc) is 2.56. The number of nitrogens with zero attached hydrogens (tertiary/aromatic N) is 2. The average molecular weight is 239 g/mol. The number of hydrogen-bond acceptors (Lipinski definition) is 3. The summed E-state index contributed by atoms with van der Waals surface area (Å²) in [4.78, 5) is 5.27. The van der Waals surface area contributed by atoms with Crippen molar-refractivity contribution in [3.8, 4) is 0 Å². The Morgan fingerprint density at radius 1 is 1.00 bits per heavy atom. The lowest BCUT2D eigenvalue weighted by Crippen LogP contribution is -2.39. The summed E-state index contributed by atoms with van der Waals surface area (Å²) in [5.41, 5.74) is 0. The fourth-order valence-electron chi connectivity index (χ4n) is 3.09. The number of piperidine rings is 1. The van der Waals surface area contributed by atoms with Crippen molar-refractivity contribution in [1.82, 2.24) is 15.1 Å². The van der Waals surface area contributed by atoms with Crippen LogP contribution in [0.4, 0.5) is 0 Å². The molecule has 3 heteroatoms. The Kier molecular flexibility index (Phi) is 5.26. The van der Waals surface area contributed by atoms with Gasteiger partial charge in [0.1, 0.15) is 0 Å². The summed E-state index contributed by atoms with van der Waals surface area (Å²) in [5, 5.41) is 3.58. The van der Waals surface area contributed by atoms with E-state index >= 15 is 0 Å². The Morgan fingerprint density at radius 3 is 2.41 bits per heavy atom. The van der Waals surface area contributed by atoms with Gasteiger partial charge in [0.2, 0.25) is 0 Å². The Labute approximate surface area is 107 Å². The molecular weight excluding hydrogens is 210 g/mol. The van der Waals surface area contributed by atoms with Crippen LogP contribution < -0.4 is 5.32 Å². The smallest absolute Gasteiger partial charge is 0.0107 e. The van der Waals surface area contributed by atoms with Crippen LogP contribution in [-0.2, 0) is 0 Å². The molecule has 2 saturated heterocycles. The number of nitrogens with one attached hydrogen (secondary N) is 1. The number of rotatable bonds is 3. The predicted octanol–water partition coefficient (Wildman–Crippen LogP) is 1.40. The lowest BCUT2D eigenvalue weighted by atomic mass is 9.96. The van der Waals surface area contributed by atoms with E-state index in [9.17, 15) is 0 Å². The monoisotopic (exact) mass is 239 g/mol.